The van der Waals surface area contributed by atoms with Gasteiger partial charge in [0.1, 0.15) is 0 Å². The molecule has 0 saturated carbocycles. The minimum absolute atomic E-state index is 0.211. The number of nitrogens with one attached hydrogen (secondary N) is 2. The Bertz CT molecular complexity index is 521. The van der Waals surface area contributed by atoms with Crippen LogP contribution < -0.4 is 10.6 Å². The molecule has 1 aromatic rings. The van der Waals surface area contributed by atoms with E-state index in [1.165, 1.54) is 12.4 Å². The monoisotopic (exact) mass is 306 g/mol. The van der Waals surface area contributed by atoms with E-state index in [1.54, 1.807) is 6.07 Å². The number of pyridine rings is 1. The van der Waals surface area contributed by atoms with Crippen molar-refractivity contribution in [3.8, 4) is 0 Å². The van der Waals surface area contributed by atoms with Gasteiger partial charge in [-0.3, -0.25) is 14.6 Å². The molecular formula is C16H26N4O2. The normalized spacial score (nSPS) is 11.4. The van der Waals surface area contributed by atoms with Crippen LogP contribution in [-0.4, -0.2) is 54.4 Å². The minimum atomic E-state index is -0.332. The van der Waals surface area contributed by atoms with Gasteiger partial charge in [0.15, 0.2) is 0 Å². The summed E-state index contributed by atoms with van der Waals surface area (Å²) in [5.41, 5.74) is 0.448. The molecule has 0 aliphatic rings. The standard InChI is InChI=1S/C16H26N4O2/c1-16(2,3)19-15(22)13-9-12(10-17-11-13)14(21)18-7-6-8-20(4)5/h9-11H,6-8H2,1-5H3,(H,18,21)(H,19,22). The molecule has 0 spiro atoms. The van der Waals surface area contributed by atoms with Gasteiger partial charge in [0.2, 0.25) is 0 Å². The van der Waals surface area contributed by atoms with Crippen LogP contribution >= 0.6 is 0 Å². The van der Waals surface area contributed by atoms with Gasteiger partial charge in [-0.15, -0.1) is 0 Å². The summed E-state index contributed by atoms with van der Waals surface area (Å²) in [6.07, 6.45) is 3.80. The van der Waals surface area contributed by atoms with Crippen LogP contribution in [-0.2, 0) is 0 Å². The number of nitrogens with zero attached hydrogens (tertiary/aromatic N) is 2. The predicted octanol–water partition coefficient (Wildman–Crippen LogP) is 1.29. The van der Waals surface area contributed by atoms with Crippen molar-refractivity contribution in [2.75, 3.05) is 27.2 Å². The van der Waals surface area contributed by atoms with Crippen LogP contribution in [0.3, 0.4) is 0 Å². The third-order valence-electron chi connectivity index (χ3n) is 2.82. The molecular weight excluding hydrogens is 280 g/mol. The molecule has 0 bridgehead atoms. The number of carbonyl (C=O) groups is 2. The average molecular weight is 306 g/mol. The Morgan fingerprint density at radius 1 is 1.14 bits per heavy atom. The summed E-state index contributed by atoms with van der Waals surface area (Å²) in [4.78, 5) is 30.2. The molecule has 0 aliphatic heterocycles. The number of aromatic nitrogens is 1. The quantitative estimate of drug-likeness (QED) is 0.777. The molecule has 0 saturated heterocycles. The van der Waals surface area contributed by atoms with E-state index in [4.69, 9.17) is 0 Å². The summed E-state index contributed by atoms with van der Waals surface area (Å²) in [7, 11) is 3.98. The highest BCUT2D eigenvalue weighted by Gasteiger charge is 2.16. The van der Waals surface area contributed by atoms with E-state index in [9.17, 15) is 9.59 Å². The Morgan fingerprint density at radius 3 is 2.27 bits per heavy atom. The number of hydrogen-bond acceptors (Lipinski definition) is 4. The second kappa shape index (κ2) is 7.89. The lowest BCUT2D eigenvalue weighted by molar-refractivity contribution is 0.0919. The lowest BCUT2D eigenvalue weighted by Crippen LogP contribution is -2.40. The fraction of sp³-hybridized carbons (Fsp3) is 0.562. The first-order valence-corrected chi connectivity index (χ1v) is 7.39. The molecule has 6 nitrogen and oxygen atoms in total. The largest absolute Gasteiger partial charge is 0.352 e. The smallest absolute Gasteiger partial charge is 0.253 e. The fourth-order valence-electron chi connectivity index (χ4n) is 1.80. The molecule has 122 valence electrons. The molecule has 2 N–H and O–H groups in total. The Hall–Kier alpha value is -1.95. The lowest BCUT2D eigenvalue weighted by atomic mass is 10.1. The summed E-state index contributed by atoms with van der Waals surface area (Å²) in [5, 5.41) is 5.68. The molecule has 0 fully saturated rings. The molecule has 0 aliphatic carbocycles. The van der Waals surface area contributed by atoms with E-state index < -0.39 is 0 Å². The summed E-state index contributed by atoms with van der Waals surface area (Å²) in [6, 6.07) is 1.56. The average Bonchev–Trinajstić information content (AvgIpc) is 2.41. The SMILES string of the molecule is CN(C)CCCNC(=O)c1cncc(C(=O)NC(C)(C)C)c1. The van der Waals surface area contributed by atoms with Crippen molar-refractivity contribution in [2.24, 2.45) is 0 Å². The maximum atomic E-state index is 12.1. The molecule has 1 heterocycles. The van der Waals surface area contributed by atoms with E-state index >= 15 is 0 Å². The third kappa shape index (κ3) is 6.67. The van der Waals surface area contributed by atoms with Crippen molar-refractivity contribution < 1.29 is 9.59 Å². The number of carbonyl (C=O) groups excluding carboxylic acids is 2. The number of amides is 2. The van der Waals surface area contributed by atoms with Crippen LogP contribution in [0.25, 0.3) is 0 Å². The number of hydrogen-bond donors (Lipinski definition) is 2. The van der Waals surface area contributed by atoms with Crippen LogP contribution in [0, 0.1) is 0 Å². The van der Waals surface area contributed by atoms with Crippen LogP contribution in [0.5, 0.6) is 0 Å². The van der Waals surface area contributed by atoms with Gasteiger partial charge in [0.25, 0.3) is 11.8 Å². The van der Waals surface area contributed by atoms with Gasteiger partial charge in [-0.25, -0.2) is 0 Å². The van der Waals surface area contributed by atoms with E-state index in [1.807, 2.05) is 34.9 Å². The molecule has 6 heteroatoms. The highest BCUT2D eigenvalue weighted by Crippen LogP contribution is 2.06. The first-order valence-electron chi connectivity index (χ1n) is 7.39. The van der Waals surface area contributed by atoms with Crippen molar-refractivity contribution in [3.05, 3.63) is 29.6 Å². The summed E-state index contributed by atoms with van der Waals surface area (Å²) in [6.45, 7) is 7.21. The summed E-state index contributed by atoms with van der Waals surface area (Å²) < 4.78 is 0. The van der Waals surface area contributed by atoms with Crippen molar-refractivity contribution >= 4 is 11.8 Å². The fourth-order valence-corrected chi connectivity index (χ4v) is 1.80. The van der Waals surface area contributed by atoms with Crippen molar-refractivity contribution in [1.29, 1.82) is 0 Å². The molecule has 0 aromatic carbocycles. The van der Waals surface area contributed by atoms with Crippen molar-refractivity contribution in [2.45, 2.75) is 32.7 Å². The van der Waals surface area contributed by atoms with E-state index in [2.05, 4.69) is 20.5 Å². The van der Waals surface area contributed by atoms with Crippen molar-refractivity contribution in [1.82, 2.24) is 20.5 Å². The lowest BCUT2D eigenvalue weighted by Gasteiger charge is -2.20. The Labute approximate surface area is 132 Å². The zero-order valence-electron chi connectivity index (χ0n) is 14.1. The second-order valence-corrected chi connectivity index (χ2v) is 6.58. The molecule has 0 atom stereocenters. The third-order valence-corrected chi connectivity index (χ3v) is 2.82. The maximum absolute atomic E-state index is 12.1. The molecule has 0 radical (unpaired) electrons. The van der Waals surface area contributed by atoms with Gasteiger partial charge in [-0.1, -0.05) is 0 Å². The highest BCUT2D eigenvalue weighted by atomic mass is 16.2. The Kier molecular flexibility index (Phi) is 6.49. The first kappa shape index (κ1) is 18.1. The summed E-state index contributed by atoms with van der Waals surface area (Å²) >= 11 is 0. The van der Waals surface area contributed by atoms with E-state index in [0.29, 0.717) is 17.7 Å². The molecule has 0 unspecified atom stereocenters. The van der Waals surface area contributed by atoms with Crippen LogP contribution in [0.1, 0.15) is 47.9 Å². The predicted molar refractivity (Wildman–Crippen MR) is 87.0 cm³/mol. The van der Waals surface area contributed by atoms with E-state index in [0.717, 1.165) is 13.0 Å². The first-order chi connectivity index (χ1) is 10.2. The Balaban J connectivity index is 2.63. The van der Waals surface area contributed by atoms with Gasteiger partial charge in [-0.05, 0) is 53.9 Å². The highest BCUT2D eigenvalue weighted by molar-refractivity contribution is 5.99. The molecule has 2 amide bonds. The van der Waals surface area contributed by atoms with Crippen LogP contribution in [0.15, 0.2) is 18.5 Å². The Morgan fingerprint density at radius 2 is 1.73 bits per heavy atom. The van der Waals surface area contributed by atoms with Gasteiger partial charge < -0.3 is 15.5 Å². The molecule has 22 heavy (non-hydrogen) atoms. The zero-order chi connectivity index (χ0) is 16.8. The van der Waals surface area contributed by atoms with Crippen LogP contribution in [0.4, 0.5) is 0 Å². The topological polar surface area (TPSA) is 74.3 Å². The van der Waals surface area contributed by atoms with Gasteiger partial charge in [0, 0.05) is 24.5 Å². The molecule has 1 rings (SSSR count). The second-order valence-electron chi connectivity index (χ2n) is 6.58. The minimum Gasteiger partial charge on any atom is -0.352 e. The van der Waals surface area contributed by atoms with Gasteiger partial charge in [0.05, 0.1) is 11.1 Å². The summed E-state index contributed by atoms with van der Waals surface area (Å²) in [5.74, 6) is -0.445. The number of rotatable bonds is 6. The zero-order valence-corrected chi connectivity index (χ0v) is 14.1. The molecule has 1 aromatic heterocycles. The van der Waals surface area contributed by atoms with Gasteiger partial charge in [-0.2, -0.15) is 0 Å². The maximum Gasteiger partial charge on any atom is 0.253 e. The van der Waals surface area contributed by atoms with Crippen molar-refractivity contribution in [3.63, 3.8) is 0 Å². The van der Waals surface area contributed by atoms with Gasteiger partial charge >= 0.3 is 0 Å². The van der Waals surface area contributed by atoms with Crippen LogP contribution in [0.2, 0.25) is 0 Å². The van der Waals surface area contributed by atoms with E-state index in [-0.39, 0.29) is 17.4 Å².